The number of nitrogens with zero attached hydrogens (tertiary/aromatic N) is 2. The van der Waals surface area contributed by atoms with E-state index in [1.807, 2.05) is 6.20 Å². The summed E-state index contributed by atoms with van der Waals surface area (Å²) >= 11 is 1.53. The normalized spacial score (nSPS) is 11.0. The van der Waals surface area contributed by atoms with Gasteiger partial charge in [-0.15, -0.1) is 11.3 Å². The van der Waals surface area contributed by atoms with Crippen LogP contribution in [0.1, 0.15) is 4.88 Å². The van der Waals surface area contributed by atoms with Gasteiger partial charge in [-0.1, -0.05) is 0 Å². The van der Waals surface area contributed by atoms with Gasteiger partial charge in [-0.05, 0) is 7.05 Å². The molecule has 1 heterocycles. The lowest BCUT2D eigenvalue weighted by Gasteiger charge is -2.13. The topological polar surface area (TPSA) is 51.4 Å². The second-order valence-electron chi connectivity index (χ2n) is 2.90. The Kier molecular flexibility index (Phi) is 4.14. The summed E-state index contributed by atoms with van der Waals surface area (Å²) in [7, 11) is 3.76. The molecule has 0 unspecified atom stereocenters. The number of anilines is 1. The number of rotatable bonds is 5. The lowest BCUT2D eigenvalue weighted by molar-refractivity contribution is 0.159. The minimum atomic E-state index is 0.634. The third kappa shape index (κ3) is 3.71. The van der Waals surface area contributed by atoms with Crippen LogP contribution in [0, 0.1) is 0 Å². The molecule has 0 aliphatic carbocycles. The maximum atomic E-state index is 5.52. The lowest BCUT2D eigenvalue weighted by Crippen LogP contribution is -2.21. The predicted octanol–water partition coefficient (Wildman–Crippen LogP) is 0.804. The van der Waals surface area contributed by atoms with E-state index in [0.29, 0.717) is 5.13 Å². The summed E-state index contributed by atoms with van der Waals surface area (Å²) < 4.78 is 4.98. The fourth-order valence-corrected chi connectivity index (χ4v) is 1.75. The largest absolute Gasteiger partial charge is 0.383 e. The fraction of sp³-hybridized carbons (Fsp3) is 0.625. The zero-order chi connectivity index (χ0) is 9.68. The van der Waals surface area contributed by atoms with Gasteiger partial charge in [0, 0.05) is 31.3 Å². The number of methoxy groups -OCH3 is 1. The van der Waals surface area contributed by atoms with Gasteiger partial charge in [0.1, 0.15) is 0 Å². The predicted molar refractivity (Wildman–Crippen MR) is 54.7 cm³/mol. The Hall–Kier alpha value is -0.650. The molecule has 0 fully saturated rings. The van der Waals surface area contributed by atoms with Gasteiger partial charge >= 0.3 is 0 Å². The summed E-state index contributed by atoms with van der Waals surface area (Å²) in [6.07, 6.45) is 1.82. The molecular formula is C8H15N3OS. The zero-order valence-electron chi connectivity index (χ0n) is 7.99. The highest BCUT2D eigenvalue weighted by Crippen LogP contribution is 2.15. The highest BCUT2D eigenvalue weighted by Gasteiger charge is 2.02. The van der Waals surface area contributed by atoms with E-state index in [0.717, 1.165) is 19.7 Å². The smallest absolute Gasteiger partial charge is 0.180 e. The van der Waals surface area contributed by atoms with Gasteiger partial charge in [0.2, 0.25) is 0 Å². The Morgan fingerprint density at radius 3 is 3.00 bits per heavy atom. The van der Waals surface area contributed by atoms with Crippen molar-refractivity contribution < 1.29 is 4.74 Å². The van der Waals surface area contributed by atoms with E-state index in [1.165, 1.54) is 16.2 Å². The highest BCUT2D eigenvalue weighted by atomic mass is 32.1. The zero-order valence-corrected chi connectivity index (χ0v) is 8.80. The first kappa shape index (κ1) is 10.4. The van der Waals surface area contributed by atoms with E-state index in [2.05, 4.69) is 16.9 Å². The molecule has 74 valence electrons. The molecule has 1 rings (SSSR count). The molecular weight excluding hydrogens is 186 g/mol. The molecule has 1 aromatic rings. The van der Waals surface area contributed by atoms with Crippen LogP contribution < -0.4 is 5.73 Å². The van der Waals surface area contributed by atoms with Gasteiger partial charge in [-0.3, -0.25) is 4.90 Å². The summed E-state index contributed by atoms with van der Waals surface area (Å²) in [5, 5.41) is 0.634. The molecule has 0 aromatic carbocycles. The summed E-state index contributed by atoms with van der Waals surface area (Å²) in [4.78, 5) is 7.36. The molecule has 0 aliphatic rings. The van der Waals surface area contributed by atoms with Crippen molar-refractivity contribution in [3.05, 3.63) is 11.1 Å². The van der Waals surface area contributed by atoms with E-state index >= 15 is 0 Å². The molecule has 0 spiro atoms. The van der Waals surface area contributed by atoms with Gasteiger partial charge in [0.05, 0.1) is 6.61 Å². The first-order chi connectivity index (χ1) is 6.22. The summed E-state index contributed by atoms with van der Waals surface area (Å²) in [6, 6.07) is 0. The van der Waals surface area contributed by atoms with Crippen LogP contribution >= 0.6 is 11.3 Å². The number of ether oxygens (including phenoxy) is 1. The van der Waals surface area contributed by atoms with Crippen LogP contribution in [0.3, 0.4) is 0 Å². The number of aromatic nitrogens is 1. The van der Waals surface area contributed by atoms with Crippen molar-refractivity contribution >= 4 is 16.5 Å². The van der Waals surface area contributed by atoms with Crippen molar-refractivity contribution in [1.82, 2.24) is 9.88 Å². The SMILES string of the molecule is COCCN(C)Cc1cnc(N)s1. The van der Waals surface area contributed by atoms with Crippen LogP contribution in [0.5, 0.6) is 0 Å². The molecule has 13 heavy (non-hydrogen) atoms. The van der Waals surface area contributed by atoms with Crippen LogP contribution in [0.4, 0.5) is 5.13 Å². The quantitative estimate of drug-likeness (QED) is 0.765. The second kappa shape index (κ2) is 5.16. The average Bonchev–Trinajstić information content (AvgIpc) is 2.48. The minimum Gasteiger partial charge on any atom is -0.383 e. The van der Waals surface area contributed by atoms with Gasteiger partial charge in [-0.25, -0.2) is 4.98 Å². The van der Waals surface area contributed by atoms with Crippen LogP contribution in [0.2, 0.25) is 0 Å². The second-order valence-corrected chi connectivity index (χ2v) is 4.04. The Bertz CT molecular complexity index is 251. The van der Waals surface area contributed by atoms with Gasteiger partial charge in [-0.2, -0.15) is 0 Å². The molecule has 0 radical (unpaired) electrons. The van der Waals surface area contributed by atoms with Crippen molar-refractivity contribution in [2.75, 3.05) is 33.0 Å². The van der Waals surface area contributed by atoms with Gasteiger partial charge < -0.3 is 10.5 Å². The number of nitrogen functional groups attached to an aromatic ring is 1. The molecule has 0 aliphatic heterocycles. The number of thiazole rings is 1. The molecule has 0 amide bonds. The fourth-order valence-electron chi connectivity index (χ4n) is 0.988. The molecule has 0 bridgehead atoms. The monoisotopic (exact) mass is 201 g/mol. The molecule has 1 aromatic heterocycles. The summed E-state index contributed by atoms with van der Waals surface area (Å²) in [5.41, 5.74) is 5.52. The Morgan fingerprint density at radius 2 is 2.46 bits per heavy atom. The third-order valence-electron chi connectivity index (χ3n) is 1.67. The maximum absolute atomic E-state index is 5.52. The van der Waals surface area contributed by atoms with E-state index in [4.69, 9.17) is 10.5 Å². The Balaban J connectivity index is 2.31. The van der Waals surface area contributed by atoms with Crippen LogP contribution in [0.15, 0.2) is 6.20 Å². The first-order valence-corrected chi connectivity index (χ1v) is 4.91. The van der Waals surface area contributed by atoms with E-state index in [1.54, 1.807) is 7.11 Å². The summed E-state index contributed by atoms with van der Waals surface area (Å²) in [6.45, 7) is 2.57. The number of hydrogen-bond donors (Lipinski definition) is 1. The average molecular weight is 201 g/mol. The van der Waals surface area contributed by atoms with Crippen LogP contribution in [-0.4, -0.2) is 37.2 Å². The van der Waals surface area contributed by atoms with Crippen molar-refractivity contribution in [3.8, 4) is 0 Å². The van der Waals surface area contributed by atoms with E-state index in [9.17, 15) is 0 Å². The van der Waals surface area contributed by atoms with Crippen LogP contribution in [-0.2, 0) is 11.3 Å². The van der Waals surface area contributed by atoms with Crippen molar-refractivity contribution in [3.63, 3.8) is 0 Å². The molecule has 5 heteroatoms. The summed E-state index contributed by atoms with van der Waals surface area (Å²) in [5.74, 6) is 0. The Labute approximate surface area is 82.3 Å². The van der Waals surface area contributed by atoms with Crippen molar-refractivity contribution in [1.29, 1.82) is 0 Å². The third-order valence-corrected chi connectivity index (χ3v) is 2.49. The lowest BCUT2D eigenvalue weighted by atomic mass is 10.5. The number of likely N-dealkylation sites (N-methyl/N-ethyl adjacent to an activating group) is 1. The van der Waals surface area contributed by atoms with Gasteiger partial charge in [0.25, 0.3) is 0 Å². The molecule has 4 nitrogen and oxygen atoms in total. The van der Waals surface area contributed by atoms with Gasteiger partial charge in [0.15, 0.2) is 5.13 Å². The number of hydrogen-bond acceptors (Lipinski definition) is 5. The van der Waals surface area contributed by atoms with Crippen molar-refractivity contribution in [2.24, 2.45) is 0 Å². The maximum Gasteiger partial charge on any atom is 0.180 e. The minimum absolute atomic E-state index is 0.634. The molecule has 2 N–H and O–H groups in total. The molecule has 0 saturated carbocycles. The standard InChI is InChI=1S/C8H15N3OS/c1-11(3-4-12-2)6-7-5-10-8(9)13-7/h5H,3-4,6H2,1-2H3,(H2,9,10). The number of nitrogens with two attached hydrogens (primary N) is 1. The van der Waals surface area contributed by atoms with Crippen LogP contribution in [0.25, 0.3) is 0 Å². The van der Waals surface area contributed by atoms with E-state index in [-0.39, 0.29) is 0 Å². The highest BCUT2D eigenvalue weighted by molar-refractivity contribution is 7.15. The first-order valence-electron chi connectivity index (χ1n) is 4.10. The molecule has 0 saturated heterocycles. The molecule has 0 atom stereocenters. The Morgan fingerprint density at radius 1 is 1.69 bits per heavy atom. The van der Waals surface area contributed by atoms with Crippen molar-refractivity contribution in [2.45, 2.75) is 6.54 Å². The van der Waals surface area contributed by atoms with E-state index < -0.39 is 0 Å².